The lowest BCUT2D eigenvalue weighted by atomic mass is 10.1. The molecule has 0 N–H and O–H groups in total. The summed E-state index contributed by atoms with van der Waals surface area (Å²) in [5.74, 6) is 0. The standard InChI is InChI=1S/C14H9NS/c1-2-4-12-10(3-1)14-11-8-15-6-5-9(11)7-13(14)16-12/h1-6,8H,7H2. The topological polar surface area (TPSA) is 12.9 Å². The van der Waals surface area contributed by atoms with Gasteiger partial charge in [-0.15, -0.1) is 11.3 Å². The first-order chi connectivity index (χ1) is 7.93. The van der Waals surface area contributed by atoms with Gasteiger partial charge in [-0.2, -0.15) is 0 Å². The van der Waals surface area contributed by atoms with E-state index in [-0.39, 0.29) is 0 Å². The third kappa shape index (κ3) is 0.973. The van der Waals surface area contributed by atoms with Crippen molar-refractivity contribution in [1.82, 2.24) is 4.98 Å². The van der Waals surface area contributed by atoms with Crippen molar-refractivity contribution in [3.63, 3.8) is 0 Å². The third-order valence-electron chi connectivity index (χ3n) is 3.20. The molecule has 2 heteroatoms. The second kappa shape index (κ2) is 2.92. The van der Waals surface area contributed by atoms with E-state index in [9.17, 15) is 0 Å². The van der Waals surface area contributed by atoms with Crippen molar-refractivity contribution in [2.75, 3.05) is 0 Å². The van der Waals surface area contributed by atoms with Crippen molar-refractivity contribution in [3.8, 4) is 11.1 Å². The molecule has 4 rings (SSSR count). The van der Waals surface area contributed by atoms with Gasteiger partial charge in [0, 0.05) is 44.9 Å². The van der Waals surface area contributed by atoms with E-state index in [1.807, 2.05) is 23.7 Å². The zero-order valence-corrected chi connectivity index (χ0v) is 9.42. The normalized spacial score (nSPS) is 12.8. The SMILES string of the molecule is c1ccc2c3c(sc2c1)Cc1ccncc1-3. The Kier molecular flexibility index (Phi) is 1.55. The van der Waals surface area contributed by atoms with Crippen LogP contribution in [0.15, 0.2) is 42.7 Å². The largest absolute Gasteiger partial charge is 0.264 e. The van der Waals surface area contributed by atoms with Crippen molar-refractivity contribution in [2.45, 2.75) is 6.42 Å². The molecule has 1 nitrogen and oxygen atoms in total. The Morgan fingerprint density at radius 1 is 1.12 bits per heavy atom. The smallest absolute Gasteiger partial charge is 0.0352 e. The van der Waals surface area contributed by atoms with E-state index >= 15 is 0 Å². The first-order valence-electron chi connectivity index (χ1n) is 5.37. The van der Waals surface area contributed by atoms with Crippen molar-refractivity contribution < 1.29 is 0 Å². The van der Waals surface area contributed by atoms with Gasteiger partial charge in [-0.1, -0.05) is 18.2 Å². The number of thiophene rings is 1. The predicted molar refractivity (Wildman–Crippen MR) is 67.9 cm³/mol. The van der Waals surface area contributed by atoms with Gasteiger partial charge in [0.1, 0.15) is 0 Å². The Balaban J connectivity index is 2.15. The molecule has 76 valence electrons. The van der Waals surface area contributed by atoms with Gasteiger partial charge in [0.2, 0.25) is 0 Å². The van der Waals surface area contributed by atoms with Crippen LogP contribution in [0.5, 0.6) is 0 Å². The first kappa shape index (κ1) is 8.48. The monoisotopic (exact) mass is 223 g/mol. The molecule has 0 aliphatic heterocycles. The Bertz CT molecular complexity index is 697. The van der Waals surface area contributed by atoms with Gasteiger partial charge in [0.15, 0.2) is 0 Å². The maximum atomic E-state index is 4.25. The lowest BCUT2D eigenvalue weighted by Gasteiger charge is -1.98. The summed E-state index contributed by atoms with van der Waals surface area (Å²) in [6.07, 6.45) is 4.96. The molecule has 0 unspecified atom stereocenters. The number of aromatic nitrogens is 1. The molecular weight excluding hydrogens is 214 g/mol. The zero-order chi connectivity index (χ0) is 10.5. The quantitative estimate of drug-likeness (QED) is 0.441. The number of rotatable bonds is 0. The average Bonchev–Trinajstić information content (AvgIpc) is 2.83. The maximum absolute atomic E-state index is 4.25. The molecule has 0 saturated carbocycles. The van der Waals surface area contributed by atoms with Crippen molar-refractivity contribution in [3.05, 3.63) is 53.2 Å². The molecule has 0 fully saturated rings. The highest BCUT2D eigenvalue weighted by molar-refractivity contribution is 7.19. The van der Waals surface area contributed by atoms with Crippen LogP contribution in [0.4, 0.5) is 0 Å². The summed E-state index contributed by atoms with van der Waals surface area (Å²) in [5.41, 5.74) is 4.17. The highest BCUT2D eigenvalue weighted by Gasteiger charge is 2.22. The summed E-state index contributed by atoms with van der Waals surface area (Å²) in [6.45, 7) is 0. The van der Waals surface area contributed by atoms with Crippen molar-refractivity contribution >= 4 is 21.4 Å². The molecule has 0 spiro atoms. The van der Waals surface area contributed by atoms with Gasteiger partial charge >= 0.3 is 0 Å². The average molecular weight is 223 g/mol. The lowest BCUT2D eigenvalue weighted by Crippen LogP contribution is -1.80. The van der Waals surface area contributed by atoms with E-state index in [2.05, 4.69) is 35.3 Å². The van der Waals surface area contributed by atoms with E-state index in [1.165, 1.54) is 31.7 Å². The van der Waals surface area contributed by atoms with E-state index in [0.29, 0.717) is 0 Å². The number of nitrogens with zero attached hydrogens (tertiary/aromatic N) is 1. The summed E-state index contributed by atoms with van der Waals surface area (Å²) in [5, 5.41) is 1.38. The molecule has 1 aliphatic rings. The highest BCUT2D eigenvalue weighted by atomic mass is 32.1. The van der Waals surface area contributed by atoms with Crippen LogP contribution in [0, 0.1) is 0 Å². The Labute approximate surface area is 97.4 Å². The number of hydrogen-bond donors (Lipinski definition) is 0. The molecule has 1 aliphatic carbocycles. The molecule has 2 heterocycles. The number of benzene rings is 1. The molecule has 0 bridgehead atoms. The van der Waals surface area contributed by atoms with E-state index in [0.717, 1.165) is 6.42 Å². The van der Waals surface area contributed by atoms with Crippen LogP contribution in [-0.4, -0.2) is 4.98 Å². The molecule has 2 aromatic heterocycles. The fourth-order valence-electron chi connectivity index (χ4n) is 2.49. The van der Waals surface area contributed by atoms with Crippen LogP contribution in [0.1, 0.15) is 10.4 Å². The number of hydrogen-bond acceptors (Lipinski definition) is 2. The Morgan fingerprint density at radius 3 is 3.06 bits per heavy atom. The second-order valence-electron chi connectivity index (χ2n) is 4.11. The number of pyridine rings is 1. The van der Waals surface area contributed by atoms with Gasteiger partial charge in [-0.3, -0.25) is 4.98 Å². The molecule has 0 atom stereocenters. The van der Waals surface area contributed by atoms with Crippen LogP contribution >= 0.6 is 11.3 Å². The molecule has 3 aromatic rings. The van der Waals surface area contributed by atoms with Gasteiger partial charge < -0.3 is 0 Å². The van der Waals surface area contributed by atoms with Gasteiger partial charge in [-0.05, 0) is 17.7 Å². The van der Waals surface area contributed by atoms with Crippen LogP contribution in [0.3, 0.4) is 0 Å². The highest BCUT2D eigenvalue weighted by Crippen LogP contribution is 2.45. The fourth-order valence-corrected chi connectivity index (χ4v) is 3.73. The van der Waals surface area contributed by atoms with Crippen LogP contribution in [0.2, 0.25) is 0 Å². The molecule has 0 saturated heterocycles. The van der Waals surface area contributed by atoms with Crippen molar-refractivity contribution in [2.24, 2.45) is 0 Å². The molecule has 1 aromatic carbocycles. The minimum Gasteiger partial charge on any atom is -0.264 e. The van der Waals surface area contributed by atoms with Crippen LogP contribution in [-0.2, 0) is 6.42 Å². The summed E-state index contributed by atoms with van der Waals surface area (Å²) >= 11 is 1.92. The van der Waals surface area contributed by atoms with E-state index < -0.39 is 0 Å². The maximum Gasteiger partial charge on any atom is 0.0352 e. The Hall–Kier alpha value is -1.67. The predicted octanol–water partition coefficient (Wildman–Crippen LogP) is 3.87. The third-order valence-corrected chi connectivity index (χ3v) is 4.37. The summed E-state index contributed by atoms with van der Waals surface area (Å²) in [6, 6.07) is 10.8. The summed E-state index contributed by atoms with van der Waals surface area (Å²) in [7, 11) is 0. The summed E-state index contributed by atoms with van der Waals surface area (Å²) < 4.78 is 1.39. The second-order valence-corrected chi connectivity index (χ2v) is 5.24. The van der Waals surface area contributed by atoms with E-state index in [1.54, 1.807) is 0 Å². The number of fused-ring (bicyclic) bond motifs is 5. The molecular formula is C14H9NS. The minimum absolute atomic E-state index is 1.08. The van der Waals surface area contributed by atoms with Crippen LogP contribution < -0.4 is 0 Å². The minimum atomic E-state index is 1.08. The Morgan fingerprint density at radius 2 is 2.06 bits per heavy atom. The van der Waals surface area contributed by atoms with Crippen molar-refractivity contribution in [1.29, 1.82) is 0 Å². The van der Waals surface area contributed by atoms with Gasteiger partial charge in [0.25, 0.3) is 0 Å². The molecule has 0 radical (unpaired) electrons. The molecule has 0 amide bonds. The molecule has 16 heavy (non-hydrogen) atoms. The lowest BCUT2D eigenvalue weighted by molar-refractivity contribution is 1.25. The first-order valence-corrected chi connectivity index (χ1v) is 6.19. The van der Waals surface area contributed by atoms with Gasteiger partial charge in [-0.25, -0.2) is 0 Å². The summed E-state index contributed by atoms with van der Waals surface area (Å²) in [4.78, 5) is 5.74. The fraction of sp³-hybridized carbons (Fsp3) is 0.0714. The van der Waals surface area contributed by atoms with E-state index in [4.69, 9.17) is 0 Å². The zero-order valence-electron chi connectivity index (χ0n) is 8.60. The van der Waals surface area contributed by atoms with Crippen LogP contribution in [0.25, 0.3) is 21.2 Å². The van der Waals surface area contributed by atoms with Gasteiger partial charge in [0.05, 0.1) is 0 Å².